The Morgan fingerprint density at radius 2 is 2.00 bits per heavy atom. The molecule has 0 spiro atoms. The van der Waals surface area contributed by atoms with Crippen LogP contribution in [0.5, 0.6) is 0 Å². The van der Waals surface area contributed by atoms with E-state index in [1.54, 1.807) is 16.7 Å². The van der Waals surface area contributed by atoms with Crippen molar-refractivity contribution in [2.45, 2.75) is 36.2 Å². The molecule has 2 amide bonds. The highest BCUT2D eigenvalue weighted by molar-refractivity contribution is 8.00. The van der Waals surface area contributed by atoms with E-state index in [0.717, 1.165) is 36.5 Å². The maximum atomic E-state index is 12.7. The molecule has 3 aliphatic rings. The number of benzene rings is 1. The molecule has 4 rings (SSSR count). The monoisotopic (exact) mass is 367 g/mol. The Kier molecular flexibility index (Phi) is 5.37. The minimum atomic E-state index is 0. The van der Waals surface area contributed by atoms with Gasteiger partial charge in [0.1, 0.15) is 6.54 Å². The first-order chi connectivity index (χ1) is 11.2. The van der Waals surface area contributed by atoms with Crippen LogP contribution in [0.25, 0.3) is 0 Å². The molecule has 2 bridgehead atoms. The second-order valence-electron chi connectivity index (χ2n) is 6.50. The van der Waals surface area contributed by atoms with Crippen molar-refractivity contribution in [1.29, 1.82) is 0 Å². The van der Waals surface area contributed by atoms with Gasteiger partial charge in [0.2, 0.25) is 11.8 Å². The topological polar surface area (TPSA) is 52.7 Å². The van der Waals surface area contributed by atoms with Gasteiger partial charge < -0.3 is 15.1 Å². The largest absolute Gasteiger partial charge is 0.340 e. The van der Waals surface area contributed by atoms with E-state index in [0.29, 0.717) is 17.8 Å². The van der Waals surface area contributed by atoms with Crippen LogP contribution in [0.15, 0.2) is 29.2 Å². The van der Waals surface area contributed by atoms with Crippen LogP contribution in [-0.4, -0.2) is 54.2 Å². The molecule has 2 atom stereocenters. The second kappa shape index (κ2) is 7.33. The lowest BCUT2D eigenvalue weighted by molar-refractivity contribution is -0.131. The molecule has 1 N–H and O–H groups in total. The average Bonchev–Trinajstić information content (AvgIpc) is 2.89. The summed E-state index contributed by atoms with van der Waals surface area (Å²) in [6.07, 6.45) is 3.39. The molecule has 24 heavy (non-hydrogen) atoms. The number of thioether (sulfide) groups is 1. The fourth-order valence-corrected chi connectivity index (χ4v) is 4.67. The van der Waals surface area contributed by atoms with Crippen LogP contribution >= 0.6 is 24.2 Å². The molecule has 130 valence electrons. The lowest BCUT2D eigenvalue weighted by atomic mass is 10.1. The highest BCUT2D eigenvalue weighted by atomic mass is 35.5. The summed E-state index contributed by atoms with van der Waals surface area (Å²) in [6, 6.07) is 8.82. The molecule has 5 nitrogen and oxygen atoms in total. The Morgan fingerprint density at radius 3 is 2.88 bits per heavy atom. The molecule has 7 heteroatoms. The molecular formula is C17H22ClN3O2S. The quantitative estimate of drug-likeness (QED) is 0.867. The van der Waals surface area contributed by atoms with E-state index in [2.05, 4.69) is 5.32 Å². The van der Waals surface area contributed by atoms with Crippen molar-refractivity contribution in [3.8, 4) is 0 Å². The third-order valence-electron chi connectivity index (χ3n) is 4.98. The van der Waals surface area contributed by atoms with E-state index in [1.807, 2.05) is 29.2 Å². The van der Waals surface area contributed by atoms with Crippen molar-refractivity contribution in [1.82, 2.24) is 10.2 Å². The number of carbonyl (C=O) groups is 2. The highest BCUT2D eigenvalue weighted by Crippen LogP contribution is 2.34. The average molecular weight is 368 g/mol. The summed E-state index contributed by atoms with van der Waals surface area (Å²) in [7, 11) is 0. The third-order valence-corrected chi connectivity index (χ3v) is 6.03. The third kappa shape index (κ3) is 3.41. The number of likely N-dealkylation sites (tertiary alicyclic amines) is 1. The number of fused-ring (bicyclic) bond motifs is 3. The lowest BCUT2D eigenvalue weighted by Gasteiger charge is -2.31. The van der Waals surface area contributed by atoms with Gasteiger partial charge in [-0.15, -0.1) is 24.2 Å². The zero-order valence-corrected chi connectivity index (χ0v) is 15.1. The van der Waals surface area contributed by atoms with Gasteiger partial charge in [0.15, 0.2) is 0 Å². The fourth-order valence-electron chi connectivity index (χ4n) is 3.73. The zero-order chi connectivity index (χ0) is 15.8. The summed E-state index contributed by atoms with van der Waals surface area (Å²) < 4.78 is 0. The molecule has 2 unspecified atom stereocenters. The van der Waals surface area contributed by atoms with Crippen LogP contribution in [0.2, 0.25) is 0 Å². The molecule has 0 aromatic heterocycles. The van der Waals surface area contributed by atoms with Gasteiger partial charge in [0.25, 0.3) is 0 Å². The smallest absolute Gasteiger partial charge is 0.242 e. The molecule has 0 saturated carbocycles. The number of nitrogens with zero attached hydrogens (tertiary/aromatic N) is 2. The standard InChI is InChI=1S/C17H21N3O2S.ClH/c21-16(19-8-7-12-5-6-13(9-19)18-12)10-20-14-3-1-2-4-15(14)23-11-17(20)22;/h1-4,12-13,18H,5-11H2;1H. The normalized spacial score (nSPS) is 25.8. The number of para-hydroxylation sites is 1. The van der Waals surface area contributed by atoms with Gasteiger partial charge in [-0.25, -0.2) is 0 Å². The van der Waals surface area contributed by atoms with Crippen molar-refractivity contribution in [2.75, 3.05) is 30.3 Å². The van der Waals surface area contributed by atoms with Crippen LogP contribution in [0, 0.1) is 0 Å². The first-order valence-electron chi connectivity index (χ1n) is 8.27. The van der Waals surface area contributed by atoms with Crippen LogP contribution in [0.1, 0.15) is 19.3 Å². The number of amides is 2. The predicted molar refractivity (Wildman–Crippen MR) is 97.9 cm³/mol. The number of nitrogens with one attached hydrogen (secondary N) is 1. The van der Waals surface area contributed by atoms with Crippen molar-refractivity contribution < 1.29 is 9.59 Å². The highest BCUT2D eigenvalue weighted by Gasteiger charge is 2.33. The fraction of sp³-hybridized carbons (Fsp3) is 0.529. The van der Waals surface area contributed by atoms with E-state index in [9.17, 15) is 9.59 Å². The second-order valence-corrected chi connectivity index (χ2v) is 7.52. The minimum absolute atomic E-state index is 0. The molecular weight excluding hydrogens is 346 g/mol. The van der Waals surface area contributed by atoms with Crippen LogP contribution in [0.4, 0.5) is 5.69 Å². The van der Waals surface area contributed by atoms with E-state index < -0.39 is 0 Å². The van der Waals surface area contributed by atoms with Gasteiger partial charge in [-0.3, -0.25) is 9.59 Å². The maximum absolute atomic E-state index is 12.7. The molecule has 1 aromatic carbocycles. The van der Waals surface area contributed by atoms with Crippen molar-refractivity contribution >= 4 is 41.7 Å². The summed E-state index contributed by atoms with van der Waals surface area (Å²) in [5.41, 5.74) is 0.872. The van der Waals surface area contributed by atoms with Crippen molar-refractivity contribution in [3.05, 3.63) is 24.3 Å². The molecule has 1 aromatic rings. The molecule has 3 aliphatic heterocycles. The SMILES string of the molecule is Cl.O=C(CN1C(=O)CSc2ccccc21)N1CCC2CCC(C1)N2. The van der Waals surface area contributed by atoms with Crippen molar-refractivity contribution in [3.63, 3.8) is 0 Å². The van der Waals surface area contributed by atoms with Gasteiger partial charge in [-0.05, 0) is 31.4 Å². The van der Waals surface area contributed by atoms with Gasteiger partial charge in [-0.1, -0.05) is 12.1 Å². The summed E-state index contributed by atoms with van der Waals surface area (Å²) in [5.74, 6) is 0.502. The maximum Gasteiger partial charge on any atom is 0.242 e. The van der Waals surface area contributed by atoms with Crippen LogP contribution in [0.3, 0.4) is 0 Å². The number of rotatable bonds is 2. The van der Waals surface area contributed by atoms with Crippen molar-refractivity contribution in [2.24, 2.45) is 0 Å². The first-order valence-corrected chi connectivity index (χ1v) is 9.25. The van der Waals surface area contributed by atoms with Crippen LogP contribution in [-0.2, 0) is 9.59 Å². The Hall–Kier alpha value is -1.24. The van der Waals surface area contributed by atoms with E-state index in [4.69, 9.17) is 0 Å². The van der Waals surface area contributed by atoms with Gasteiger partial charge in [-0.2, -0.15) is 0 Å². The number of anilines is 1. The van der Waals surface area contributed by atoms with E-state index >= 15 is 0 Å². The minimum Gasteiger partial charge on any atom is -0.340 e. The number of hydrogen-bond donors (Lipinski definition) is 1. The summed E-state index contributed by atoms with van der Waals surface area (Å²) >= 11 is 1.55. The predicted octanol–water partition coefficient (Wildman–Crippen LogP) is 1.90. The van der Waals surface area contributed by atoms with Gasteiger partial charge in [0.05, 0.1) is 11.4 Å². The molecule has 2 saturated heterocycles. The van der Waals surface area contributed by atoms with E-state index in [-0.39, 0.29) is 30.8 Å². The number of hydrogen-bond acceptors (Lipinski definition) is 4. The zero-order valence-electron chi connectivity index (χ0n) is 13.4. The van der Waals surface area contributed by atoms with Gasteiger partial charge >= 0.3 is 0 Å². The molecule has 0 aliphatic carbocycles. The summed E-state index contributed by atoms with van der Waals surface area (Å²) in [6.45, 7) is 1.73. The molecule has 3 heterocycles. The Balaban J connectivity index is 0.00000169. The lowest BCUT2D eigenvalue weighted by Crippen LogP contribution is -2.47. The first kappa shape index (κ1) is 17.6. The summed E-state index contributed by atoms with van der Waals surface area (Å²) in [5, 5.41) is 3.59. The van der Waals surface area contributed by atoms with E-state index in [1.165, 1.54) is 6.42 Å². The summed E-state index contributed by atoms with van der Waals surface area (Å²) in [4.78, 5) is 29.7. The number of halogens is 1. The molecule has 2 fully saturated rings. The molecule has 0 radical (unpaired) electrons. The number of carbonyl (C=O) groups excluding carboxylic acids is 2. The Bertz CT molecular complexity index is 642. The van der Waals surface area contributed by atoms with Crippen LogP contribution < -0.4 is 10.2 Å². The van der Waals surface area contributed by atoms with Gasteiger partial charge in [0, 0.05) is 30.1 Å². The Morgan fingerprint density at radius 1 is 1.21 bits per heavy atom. The Labute approximate surface area is 152 Å².